The van der Waals surface area contributed by atoms with E-state index in [1.807, 2.05) is 13.8 Å². The molecule has 0 saturated carbocycles. The zero-order valence-corrected chi connectivity index (χ0v) is 11.0. The van der Waals surface area contributed by atoms with E-state index in [-0.39, 0.29) is 11.2 Å². The molecule has 1 aromatic carbocycles. The first-order valence-electron chi connectivity index (χ1n) is 6.22. The van der Waals surface area contributed by atoms with E-state index in [0.29, 0.717) is 12.0 Å². The second-order valence-electron chi connectivity index (χ2n) is 5.74. The Kier molecular flexibility index (Phi) is 3.65. The van der Waals surface area contributed by atoms with Crippen LogP contribution in [0.3, 0.4) is 0 Å². The van der Waals surface area contributed by atoms with Gasteiger partial charge in [-0.3, -0.25) is 4.79 Å². The number of ketones is 1. The highest BCUT2D eigenvalue weighted by molar-refractivity contribution is 5.92. The first-order valence-corrected chi connectivity index (χ1v) is 6.22. The van der Waals surface area contributed by atoms with Gasteiger partial charge in [0, 0.05) is 12.5 Å². The SMILES string of the molecule is CC1(C)CC(=O)C=C(/C=C/c2cc(F)cc(F)c2)C1. The van der Waals surface area contributed by atoms with Crippen molar-refractivity contribution in [2.75, 3.05) is 0 Å². The highest BCUT2D eigenvalue weighted by atomic mass is 19.1. The lowest BCUT2D eigenvalue weighted by Gasteiger charge is -2.27. The Bertz CT molecular complexity index is 548. The third-order valence-corrected chi connectivity index (χ3v) is 3.06. The van der Waals surface area contributed by atoms with E-state index in [1.54, 1.807) is 18.2 Å². The third kappa shape index (κ3) is 3.85. The van der Waals surface area contributed by atoms with E-state index >= 15 is 0 Å². The van der Waals surface area contributed by atoms with Gasteiger partial charge < -0.3 is 0 Å². The zero-order valence-electron chi connectivity index (χ0n) is 11.0. The second kappa shape index (κ2) is 5.08. The lowest BCUT2D eigenvalue weighted by molar-refractivity contribution is -0.116. The van der Waals surface area contributed by atoms with Crippen molar-refractivity contribution in [3.05, 3.63) is 53.1 Å². The minimum Gasteiger partial charge on any atom is -0.295 e. The molecule has 0 atom stereocenters. The smallest absolute Gasteiger partial charge is 0.156 e. The number of halogens is 2. The first kappa shape index (κ1) is 13.7. The van der Waals surface area contributed by atoms with Crippen molar-refractivity contribution in [3.8, 4) is 0 Å². The van der Waals surface area contributed by atoms with Crippen molar-refractivity contribution in [2.45, 2.75) is 26.7 Å². The summed E-state index contributed by atoms with van der Waals surface area (Å²) in [6, 6.07) is 3.36. The molecular weight excluding hydrogens is 246 g/mol. The molecule has 0 saturated heterocycles. The average molecular weight is 262 g/mol. The summed E-state index contributed by atoms with van der Waals surface area (Å²) in [5.41, 5.74) is 1.29. The number of rotatable bonds is 2. The number of carbonyl (C=O) groups excluding carboxylic acids is 1. The normalized spacial score (nSPS) is 18.7. The van der Waals surface area contributed by atoms with Gasteiger partial charge >= 0.3 is 0 Å². The topological polar surface area (TPSA) is 17.1 Å². The minimum absolute atomic E-state index is 0.0569. The van der Waals surface area contributed by atoms with Crippen LogP contribution in [0.25, 0.3) is 6.08 Å². The molecule has 100 valence electrons. The third-order valence-electron chi connectivity index (χ3n) is 3.06. The van der Waals surface area contributed by atoms with Crippen LogP contribution in [0.5, 0.6) is 0 Å². The van der Waals surface area contributed by atoms with E-state index in [2.05, 4.69) is 0 Å². The molecule has 2 rings (SSSR count). The predicted molar refractivity (Wildman–Crippen MR) is 71.5 cm³/mol. The molecule has 1 nitrogen and oxygen atoms in total. The summed E-state index contributed by atoms with van der Waals surface area (Å²) in [4.78, 5) is 11.6. The fourth-order valence-corrected chi connectivity index (χ4v) is 2.38. The van der Waals surface area contributed by atoms with Gasteiger partial charge in [0.1, 0.15) is 11.6 Å². The molecule has 1 aliphatic carbocycles. The summed E-state index contributed by atoms with van der Waals surface area (Å²) in [6.07, 6.45) is 6.32. The predicted octanol–water partition coefficient (Wildman–Crippen LogP) is 4.29. The Morgan fingerprint density at radius 3 is 2.26 bits per heavy atom. The van der Waals surface area contributed by atoms with Crippen molar-refractivity contribution < 1.29 is 13.6 Å². The van der Waals surface area contributed by atoms with Gasteiger partial charge in [0.25, 0.3) is 0 Å². The molecule has 1 aromatic rings. The van der Waals surface area contributed by atoms with Crippen molar-refractivity contribution in [1.29, 1.82) is 0 Å². The molecule has 0 radical (unpaired) electrons. The quantitative estimate of drug-likeness (QED) is 0.777. The number of allylic oxidation sites excluding steroid dienone is 3. The molecule has 0 amide bonds. The van der Waals surface area contributed by atoms with Crippen LogP contribution in [-0.4, -0.2) is 5.78 Å². The standard InChI is InChI=1S/C16H16F2O/c1-16(2)9-12(7-15(19)10-16)4-3-11-5-13(17)8-14(18)6-11/h3-8H,9-10H2,1-2H3/b4-3+. The van der Waals surface area contributed by atoms with Crippen LogP contribution >= 0.6 is 0 Å². The van der Waals surface area contributed by atoms with Crippen molar-refractivity contribution >= 4 is 11.9 Å². The van der Waals surface area contributed by atoms with E-state index in [9.17, 15) is 13.6 Å². The van der Waals surface area contributed by atoms with Gasteiger partial charge in [-0.25, -0.2) is 8.78 Å². The molecule has 0 bridgehead atoms. The highest BCUT2D eigenvalue weighted by Crippen LogP contribution is 2.34. The monoisotopic (exact) mass is 262 g/mol. The zero-order chi connectivity index (χ0) is 14.0. The summed E-state index contributed by atoms with van der Waals surface area (Å²) in [7, 11) is 0. The van der Waals surface area contributed by atoms with Gasteiger partial charge in [-0.15, -0.1) is 0 Å². The fraction of sp³-hybridized carbons (Fsp3) is 0.312. The van der Waals surface area contributed by atoms with Gasteiger partial charge in [-0.2, -0.15) is 0 Å². The maximum absolute atomic E-state index is 13.0. The molecular formula is C16H16F2O. The fourth-order valence-electron chi connectivity index (χ4n) is 2.38. The Labute approximate surface area is 111 Å². The molecule has 1 aliphatic rings. The molecule has 0 heterocycles. The molecule has 0 N–H and O–H groups in total. The van der Waals surface area contributed by atoms with Gasteiger partial charge in [-0.1, -0.05) is 26.0 Å². The average Bonchev–Trinajstić information content (AvgIpc) is 2.22. The highest BCUT2D eigenvalue weighted by Gasteiger charge is 2.26. The summed E-state index contributed by atoms with van der Waals surface area (Å²) >= 11 is 0. The summed E-state index contributed by atoms with van der Waals surface area (Å²) in [6.45, 7) is 4.07. The molecule has 3 heteroatoms. The second-order valence-corrected chi connectivity index (χ2v) is 5.74. The Hall–Kier alpha value is -1.77. The lowest BCUT2D eigenvalue weighted by Crippen LogP contribution is -2.21. The van der Waals surface area contributed by atoms with Crippen molar-refractivity contribution in [3.63, 3.8) is 0 Å². The van der Waals surface area contributed by atoms with Gasteiger partial charge in [0.2, 0.25) is 0 Å². The van der Waals surface area contributed by atoms with Crippen LogP contribution in [0.15, 0.2) is 35.9 Å². The Morgan fingerprint density at radius 2 is 1.68 bits per heavy atom. The summed E-state index contributed by atoms with van der Waals surface area (Å²) < 4.78 is 26.1. The van der Waals surface area contributed by atoms with E-state index < -0.39 is 11.6 Å². The van der Waals surface area contributed by atoms with Crippen molar-refractivity contribution in [2.24, 2.45) is 5.41 Å². The van der Waals surface area contributed by atoms with Crippen LogP contribution in [0, 0.1) is 17.0 Å². The van der Waals surface area contributed by atoms with Crippen LogP contribution in [-0.2, 0) is 4.79 Å². The number of benzene rings is 1. The number of hydrogen-bond donors (Lipinski definition) is 0. The maximum Gasteiger partial charge on any atom is 0.156 e. The Balaban J connectivity index is 2.20. The van der Waals surface area contributed by atoms with E-state index in [0.717, 1.165) is 18.1 Å². The maximum atomic E-state index is 13.0. The summed E-state index contributed by atoms with van der Waals surface area (Å²) in [5, 5.41) is 0. The van der Waals surface area contributed by atoms with E-state index in [1.165, 1.54) is 12.1 Å². The molecule has 0 aromatic heterocycles. The van der Waals surface area contributed by atoms with Crippen LogP contribution in [0.4, 0.5) is 8.78 Å². The number of carbonyl (C=O) groups is 1. The van der Waals surface area contributed by atoms with Crippen LogP contribution < -0.4 is 0 Å². The molecule has 0 fully saturated rings. The summed E-state index contributed by atoms with van der Waals surface area (Å²) in [5.74, 6) is -1.11. The van der Waals surface area contributed by atoms with Crippen molar-refractivity contribution in [1.82, 2.24) is 0 Å². The van der Waals surface area contributed by atoms with Gasteiger partial charge in [0.05, 0.1) is 0 Å². The number of hydrogen-bond acceptors (Lipinski definition) is 1. The first-order chi connectivity index (χ1) is 8.84. The van der Waals surface area contributed by atoms with Crippen LogP contribution in [0.2, 0.25) is 0 Å². The molecule has 0 aliphatic heterocycles. The Morgan fingerprint density at radius 1 is 1.05 bits per heavy atom. The molecule has 19 heavy (non-hydrogen) atoms. The largest absolute Gasteiger partial charge is 0.295 e. The van der Waals surface area contributed by atoms with Gasteiger partial charge in [-0.05, 0) is 41.2 Å². The van der Waals surface area contributed by atoms with E-state index in [4.69, 9.17) is 0 Å². The van der Waals surface area contributed by atoms with Gasteiger partial charge in [0.15, 0.2) is 5.78 Å². The minimum atomic E-state index is -0.603. The van der Waals surface area contributed by atoms with Crippen LogP contribution in [0.1, 0.15) is 32.3 Å². The molecule has 0 unspecified atom stereocenters. The lowest BCUT2D eigenvalue weighted by atomic mass is 9.77. The molecule has 0 spiro atoms.